The van der Waals surface area contributed by atoms with E-state index < -0.39 is 0 Å². The first kappa shape index (κ1) is 13.2. The van der Waals surface area contributed by atoms with Gasteiger partial charge in [0.2, 0.25) is 0 Å². The van der Waals surface area contributed by atoms with Crippen LogP contribution in [0.3, 0.4) is 0 Å². The van der Waals surface area contributed by atoms with Crippen molar-refractivity contribution >= 4 is 11.9 Å². The number of rotatable bonds is 7. The molecule has 0 radical (unpaired) electrons. The van der Waals surface area contributed by atoms with E-state index in [-0.39, 0.29) is 0 Å². The van der Waals surface area contributed by atoms with Gasteiger partial charge in [0, 0.05) is 30.2 Å². The smallest absolute Gasteiger partial charge is 0.119 e. The van der Waals surface area contributed by atoms with Gasteiger partial charge in [0.15, 0.2) is 0 Å². The van der Waals surface area contributed by atoms with Gasteiger partial charge < -0.3 is 10.1 Å². The molecular weight excluding hydrogens is 238 g/mol. The molecule has 1 heterocycles. The molecule has 0 fully saturated rings. The number of aromatic nitrogens is 2. The average molecular weight is 257 g/mol. The van der Waals surface area contributed by atoms with Crippen LogP contribution in [0.4, 0.5) is 5.69 Å². The lowest BCUT2D eigenvalue weighted by molar-refractivity contribution is 0.317. The van der Waals surface area contributed by atoms with E-state index in [1.807, 2.05) is 36.7 Å². The highest BCUT2D eigenvalue weighted by molar-refractivity contribution is 5.46. The van der Waals surface area contributed by atoms with Crippen LogP contribution in [0.15, 0.2) is 43.2 Å². The van der Waals surface area contributed by atoms with Crippen molar-refractivity contribution < 1.29 is 4.74 Å². The Morgan fingerprint density at radius 3 is 2.79 bits per heavy atom. The molecule has 0 saturated carbocycles. The van der Waals surface area contributed by atoms with Crippen LogP contribution in [-0.4, -0.2) is 16.4 Å². The minimum Gasteiger partial charge on any atom is -0.494 e. The second-order valence-corrected chi connectivity index (χ2v) is 4.24. The van der Waals surface area contributed by atoms with Crippen LogP contribution in [0.1, 0.15) is 18.9 Å². The fourth-order valence-electron chi connectivity index (χ4n) is 1.66. The third-order valence-corrected chi connectivity index (χ3v) is 2.67. The van der Waals surface area contributed by atoms with Crippen LogP contribution >= 0.6 is 0 Å². The molecule has 0 atom stereocenters. The van der Waals surface area contributed by atoms with Gasteiger partial charge in [-0.1, -0.05) is 13.5 Å². The van der Waals surface area contributed by atoms with E-state index in [0.717, 1.165) is 36.6 Å². The molecule has 100 valence electrons. The molecule has 1 N–H and O–H groups in total. The van der Waals surface area contributed by atoms with Gasteiger partial charge >= 0.3 is 0 Å². The summed E-state index contributed by atoms with van der Waals surface area (Å²) in [6.07, 6.45) is 6.46. The summed E-state index contributed by atoms with van der Waals surface area (Å²) in [5, 5.41) is 7.47. The largest absolute Gasteiger partial charge is 0.494 e. The van der Waals surface area contributed by atoms with Crippen LogP contribution in [0.25, 0.3) is 6.20 Å². The molecule has 0 aliphatic carbocycles. The lowest BCUT2D eigenvalue weighted by atomic mass is 10.3. The van der Waals surface area contributed by atoms with E-state index in [1.54, 1.807) is 10.9 Å². The van der Waals surface area contributed by atoms with Crippen molar-refractivity contribution in [2.45, 2.75) is 19.9 Å². The van der Waals surface area contributed by atoms with Crippen LogP contribution < -0.4 is 10.1 Å². The molecule has 4 heteroatoms. The average Bonchev–Trinajstić information content (AvgIpc) is 2.92. The highest BCUT2D eigenvalue weighted by Gasteiger charge is 1.98. The molecular formula is C15H19N3O. The molecule has 19 heavy (non-hydrogen) atoms. The van der Waals surface area contributed by atoms with Gasteiger partial charge in [-0.05, 0) is 30.7 Å². The first-order valence-corrected chi connectivity index (χ1v) is 6.44. The van der Waals surface area contributed by atoms with Crippen LogP contribution in [-0.2, 0) is 6.54 Å². The molecule has 1 aromatic heterocycles. The predicted molar refractivity (Wildman–Crippen MR) is 78.2 cm³/mol. The normalized spacial score (nSPS) is 10.2. The molecule has 2 rings (SSSR count). The Labute approximate surface area is 113 Å². The van der Waals surface area contributed by atoms with E-state index in [0.29, 0.717) is 0 Å². The van der Waals surface area contributed by atoms with E-state index in [4.69, 9.17) is 4.74 Å². The molecule has 0 aliphatic heterocycles. The molecule has 0 bridgehead atoms. The van der Waals surface area contributed by atoms with Crippen LogP contribution in [0, 0.1) is 0 Å². The van der Waals surface area contributed by atoms with Crippen LogP contribution in [0.2, 0.25) is 0 Å². The summed E-state index contributed by atoms with van der Waals surface area (Å²) in [4.78, 5) is 0. The van der Waals surface area contributed by atoms with Gasteiger partial charge in [-0.2, -0.15) is 5.10 Å². The maximum atomic E-state index is 5.54. The monoisotopic (exact) mass is 257 g/mol. The maximum absolute atomic E-state index is 5.54. The maximum Gasteiger partial charge on any atom is 0.119 e. The van der Waals surface area contributed by atoms with Crippen molar-refractivity contribution in [3.8, 4) is 5.75 Å². The highest BCUT2D eigenvalue weighted by atomic mass is 16.5. The van der Waals surface area contributed by atoms with Gasteiger partial charge in [-0.3, -0.25) is 0 Å². The number of nitrogens with one attached hydrogen (secondary N) is 1. The summed E-state index contributed by atoms with van der Waals surface area (Å²) < 4.78 is 7.23. The Bertz CT molecular complexity index is 516. The molecule has 2 aromatic rings. The van der Waals surface area contributed by atoms with E-state index in [9.17, 15) is 0 Å². The van der Waals surface area contributed by atoms with Gasteiger partial charge in [-0.15, -0.1) is 0 Å². The van der Waals surface area contributed by atoms with Crippen molar-refractivity contribution in [3.63, 3.8) is 0 Å². The fraction of sp³-hybridized carbons (Fsp3) is 0.267. The zero-order valence-corrected chi connectivity index (χ0v) is 11.2. The molecule has 1 aromatic carbocycles. The van der Waals surface area contributed by atoms with Gasteiger partial charge in [-0.25, -0.2) is 4.68 Å². The number of nitrogens with zero attached hydrogens (tertiary/aromatic N) is 2. The van der Waals surface area contributed by atoms with Gasteiger partial charge in [0.1, 0.15) is 5.75 Å². The van der Waals surface area contributed by atoms with Crippen molar-refractivity contribution in [1.82, 2.24) is 9.78 Å². The summed E-state index contributed by atoms with van der Waals surface area (Å²) in [5.41, 5.74) is 2.18. The zero-order valence-electron chi connectivity index (χ0n) is 11.2. The van der Waals surface area contributed by atoms with E-state index >= 15 is 0 Å². The SMILES string of the molecule is C=Cn1cc(CNc2ccc(OCCC)cc2)cn1. The summed E-state index contributed by atoms with van der Waals surface area (Å²) in [7, 11) is 0. The number of benzene rings is 1. The Hall–Kier alpha value is -2.23. The van der Waals surface area contributed by atoms with E-state index in [1.165, 1.54) is 0 Å². The second-order valence-electron chi connectivity index (χ2n) is 4.24. The first-order chi connectivity index (χ1) is 9.31. The predicted octanol–water partition coefficient (Wildman–Crippen LogP) is 3.38. The van der Waals surface area contributed by atoms with E-state index in [2.05, 4.69) is 23.9 Å². The van der Waals surface area contributed by atoms with Crippen molar-refractivity contribution in [3.05, 3.63) is 48.8 Å². The third-order valence-electron chi connectivity index (χ3n) is 2.67. The topological polar surface area (TPSA) is 39.1 Å². The summed E-state index contributed by atoms with van der Waals surface area (Å²) >= 11 is 0. The molecule has 0 unspecified atom stereocenters. The number of ether oxygens (including phenoxy) is 1. The molecule has 0 aliphatic rings. The summed E-state index contributed by atoms with van der Waals surface area (Å²) in [6, 6.07) is 7.99. The Balaban J connectivity index is 1.87. The highest BCUT2D eigenvalue weighted by Crippen LogP contribution is 2.16. The third kappa shape index (κ3) is 3.88. The summed E-state index contributed by atoms with van der Waals surface area (Å²) in [5.74, 6) is 0.909. The van der Waals surface area contributed by atoms with Crippen LogP contribution in [0.5, 0.6) is 5.75 Å². The molecule has 0 spiro atoms. The van der Waals surface area contributed by atoms with Gasteiger partial charge in [0.05, 0.1) is 12.8 Å². The second kappa shape index (κ2) is 6.64. The van der Waals surface area contributed by atoms with Gasteiger partial charge in [0.25, 0.3) is 0 Å². The Kier molecular flexibility index (Phi) is 4.61. The number of hydrogen-bond acceptors (Lipinski definition) is 3. The quantitative estimate of drug-likeness (QED) is 0.826. The number of hydrogen-bond donors (Lipinski definition) is 1. The lowest BCUT2D eigenvalue weighted by Crippen LogP contribution is -1.99. The summed E-state index contributed by atoms with van der Waals surface area (Å²) in [6.45, 7) is 7.26. The Morgan fingerprint density at radius 1 is 1.37 bits per heavy atom. The van der Waals surface area contributed by atoms with Crippen molar-refractivity contribution in [2.24, 2.45) is 0 Å². The van der Waals surface area contributed by atoms with Crippen molar-refractivity contribution in [1.29, 1.82) is 0 Å². The number of anilines is 1. The standard InChI is InChI=1S/C15H19N3O/c1-3-9-19-15-7-5-14(6-8-15)16-10-13-11-17-18(4-2)12-13/h4-8,11-12,16H,2-3,9-10H2,1H3. The lowest BCUT2D eigenvalue weighted by Gasteiger charge is -2.07. The first-order valence-electron chi connectivity index (χ1n) is 6.44. The molecule has 0 saturated heterocycles. The van der Waals surface area contributed by atoms with Crippen molar-refractivity contribution in [2.75, 3.05) is 11.9 Å². The molecule has 4 nitrogen and oxygen atoms in total. The fourth-order valence-corrected chi connectivity index (χ4v) is 1.66. The molecule has 0 amide bonds. The minimum atomic E-state index is 0.739. The Morgan fingerprint density at radius 2 is 2.16 bits per heavy atom. The zero-order chi connectivity index (χ0) is 13.5. The minimum absolute atomic E-state index is 0.739.